The second kappa shape index (κ2) is 6.00. The van der Waals surface area contributed by atoms with Crippen LogP contribution in [-0.2, 0) is 4.79 Å². The number of hydrogen-bond donors (Lipinski definition) is 1. The third-order valence-electron chi connectivity index (χ3n) is 2.51. The number of carbonyl (C=O) groups is 1. The summed E-state index contributed by atoms with van der Waals surface area (Å²) in [5.74, 6) is -0.254. The Balaban J connectivity index is 4.54. The summed E-state index contributed by atoms with van der Waals surface area (Å²) < 4.78 is 24.5. The first-order valence-electron chi connectivity index (χ1n) is 5.12. The smallest absolute Gasteiger partial charge is 0.255 e. The fraction of sp³-hybridized carbons (Fsp3) is 0.900. The van der Waals surface area contributed by atoms with E-state index in [9.17, 15) is 13.6 Å². The molecule has 0 heterocycles. The Morgan fingerprint density at radius 1 is 1.47 bits per heavy atom. The molecule has 0 atom stereocenters. The van der Waals surface area contributed by atoms with Crippen LogP contribution < -0.4 is 5.73 Å². The van der Waals surface area contributed by atoms with Gasteiger partial charge in [0.05, 0.1) is 6.54 Å². The van der Waals surface area contributed by atoms with Gasteiger partial charge in [-0.1, -0.05) is 20.8 Å². The van der Waals surface area contributed by atoms with Gasteiger partial charge in [0.15, 0.2) is 0 Å². The predicted octanol–water partition coefficient (Wildman–Crippen LogP) is 1.48. The zero-order valence-corrected chi connectivity index (χ0v) is 9.59. The number of amides is 1. The lowest BCUT2D eigenvalue weighted by atomic mass is 9.88. The van der Waals surface area contributed by atoms with Gasteiger partial charge in [-0.25, -0.2) is 8.78 Å². The highest BCUT2D eigenvalue weighted by molar-refractivity contribution is 5.81. The molecule has 15 heavy (non-hydrogen) atoms. The molecule has 0 bridgehead atoms. The fourth-order valence-electron chi connectivity index (χ4n) is 1.18. The van der Waals surface area contributed by atoms with Crippen molar-refractivity contribution >= 4 is 5.91 Å². The zero-order chi connectivity index (χ0) is 12.1. The third-order valence-corrected chi connectivity index (χ3v) is 2.51. The molecule has 0 aliphatic heterocycles. The SMILES string of the molecule is CCC(C)(C)C(=O)N(CCN)CC(F)F. The quantitative estimate of drug-likeness (QED) is 0.739. The van der Waals surface area contributed by atoms with Gasteiger partial charge < -0.3 is 10.6 Å². The molecular formula is C10H20F2N2O. The maximum absolute atomic E-state index is 12.2. The molecular weight excluding hydrogens is 202 g/mol. The molecule has 0 aromatic heterocycles. The Bertz CT molecular complexity index is 208. The molecule has 0 rings (SSSR count). The second-order valence-corrected chi connectivity index (χ2v) is 4.17. The van der Waals surface area contributed by atoms with Crippen LogP contribution in [0.3, 0.4) is 0 Å². The van der Waals surface area contributed by atoms with Gasteiger partial charge in [-0.05, 0) is 6.42 Å². The lowest BCUT2D eigenvalue weighted by Gasteiger charge is -2.30. The molecule has 90 valence electrons. The number of halogens is 2. The molecule has 0 aliphatic rings. The van der Waals surface area contributed by atoms with Gasteiger partial charge in [-0.3, -0.25) is 4.79 Å². The zero-order valence-electron chi connectivity index (χ0n) is 9.59. The first-order valence-corrected chi connectivity index (χ1v) is 5.12. The normalized spacial score (nSPS) is 11.9. The molecule has 0 spiro atoms. The van der Waals surface area contributed by atoms with E-state index < -0.39 is 18.4 Å². The lowest BCUT2D eigenvalue weighted by molar-refractivity contribution is -0.142. The maximum atomic E-state index is 12.2. The molecule has 0 saturated carbocycles. The van der Waals surface area contributed by atoms with Crippen LogP contribution in [0.25, 0.3) is 0 Å². The standard InChI is InChI=1S/C10H20F2N2O/c1-4-10(2,3)9(15)14(6-5-13)7-8(11)12/h8H,4-7,13H2,1-3H3. The minimum absolute atomic E-state index is 0.187. The van der Waals surface area contributed by atoms with E-state index in [4.69, 9.17) is 5.73 Å². The fourth-order valence-corrected chi connectivity index (χ4v) is 1.18. The van der Waals surface area contributed by atoms with Crippen LogP contribution in [0.1, 0.15) is 27.2 Å². The van der Waals surface area contributed by atoms with E-state index in [0.717, 1.165) is 4.90 Å². The van der Waals surface area contributed by atoms with E-state index in [1.807, 2.05) is 6.92 Å². The van der Waals surface area contributed by atoms with Crippen LogP contribution in [0, 0.1) is 5.41 Å². The average Bonchev–Trinajstić information content (AvgIpc) is 2.15. The number of hydrogen-bond acceptors (Lipinski definition) is 2. The molecule has 0 aromatic rings. The second-order valence-electron chi connectivity index (χ2n) is 4.17. The highest BCUT2D eigenvalue weighted by Crippen LogP contribution is 2.23. The van der Waals surface area contributed by atoms with Gasteiger partial charge in [-0.15, -0.1) is 0 Å². The first-order chi connectivity index (χ1) is 6.85. The van der Waals surface area contributed by atoms with Crippen molar-refractivity contribution in [3.8, 4) is 0 Å². The van der Waals surface area contributed by atoms with Gasteiger partial charge in [-0.2, -0.15) is 0 Å². The van der Waals surface area contributed by atoms with Gasteiger partial charge in [0.25, 0.3) is 6.43 Å². The van der Waals surface area contributed by atoms with Crippen LogP contribution in [0.2, 0.25) is 0 Å². The maximum Gasteiger partial charge on any atom is 0.255 e. The molecule has 3 nitrogen and oxygen atoms in total. The molecule has 0 fully saturated rings. The van der Waals surface area contributed by atoms with Gasteiger partial charge in [0.1, 0.15) is 0 Å². The molecule has 0 aliphatic carbocycles. The molecule has 5 heteroatoms. The molecule has 0 aromatic carbocycles. The summed E-state index contributed by atoms with van der Waals surface area (Å²) in [6.07, 6.45) is -1.89. The van der Waals surface area contributed by atoms with Crippen LogP contribution in [0.4, 0.5) is 8.78 Å². The summed E-state index contributed by atoms with van der Waals surface area (Å²) in [4.78, 5) is 13.0. The van der Waals surface area contributed by atoms with Crippen molar-refractivity contribution in [1.82, 2.24) is 4.90 Å². The van der Waals surface area contributed by atoms with Crippen molar-refractivity contribution in [2.45, 2.75) is 33.6 Å². The third kappa shape index (κ3) is 4.55. The summed E-state index contributed by atoms with van der Waals surface area (Å²) in [6, 6.07) is 0. The monoisotopic (exact) mass is 222 g/mol. The van der Waals surface area contributed by atoms with Gasteiger partial charge in [0.2, 0.25) is 5.91 Å². The highest BCUT2D eigenvalue weighted by atomic mass is 19.3. The van der Waals surface area contributed by atoms with Crippen LogP contribution in [0.5, 0.6) is 0 Å². The largest absolute Gasteiger partial charge is 0.335 e. The Hall–Kier alpha value is -0.710. The highest BCUT2D eigenvalue weighted by Gasteiger charge is 2.31. The van der Waals surface area contributed by atoms with E-state index in [1.165, 1.54) is 0 Å². The average molecular weight is 222 g/mol. The van der Waals surface area contributed by atoms with Crippen LogP contribution >= 0.6 is 0 Å². The number of nitrogens with zero attached hydrogens (tertiary/aromatic N) is 1. The predicted molar refractivity (Wildman–Crippen MR) is 55.7 cm³/mol. The Kier molecular flexibility index (Phi) is 5.72. The number of alkyl halides is 2. The van der Waals surface area contributed by atoms with Crippen LogP contribution in [0.15, 0.2) is 0 Å². The topological polar surface area (TPSA) is 46.3 Å². The Morgan fingerprint density at radius 3 is 2.33 bits per heavy atom. The van der Waals surface area contributed by atoms with Crippen molar-refractivity contribution in [2.24, 2.45) is 11.1 Å². The van der Waals surface area contributed by atoms with E-state index in [-0.39, 0.29) is 19.0 Å². The summed E-state index contributed by atoms with van der Waals surface area (Å²) in [6.45, 7) is 5.24. The minimum atomic E-state index is -2.51. The summed E-state index contributed by atoms with van der Waals surface area (Å²) in [7, 11) is 0. The summed E-state index contributed by atoms with van der Waals surface area (Å²) >= 11 is 0. The van der Waals surface area contributed by atoms with Crippen LogP contribution in [-0.4, -0.2) is 36.9 Å². The Morgan fingerprint density at radius 2 is 2.00 bits per heavy atom. The van der Waals surface area contributed by atoms with Crippen molar-refractivity contribution in [3.63, 3.8) is 0 Å². The number of rotatable bonds is 6. The lowest BCUT2D eigenvalue weighted by Crippen LogP contribution is -2.45. The van der Waals surface area contributed by atoms with E-state index in [1.54, 1.807) is 13.8 Å². The van der Waals surface area contributed by atoms with Gasteiger partial charge in [0, 0.05) is 18.5 Å². The molecule has 0 radical (unpaired) electrons. The van der Waals surface area contributed by atoms with E-state index >= 15 is 0 Å². The van der Waals surface area contributed by atoms with Crippen molar-refractivity contribution < 1.29 is 13.6 Å². The van der Waals surface area contributed by atoms with Gasteiger partial charge >= 0.3 is 0 Å². The van der Waals surface area contributed by atoms with E-state index in [2.05, 4.69) is 0 Å². The van der Waals surface area contributed by atoms with Crippen molar-refractivity contribution in [2.75, 3.05) is 19.6 Å². The minimum Gasteiger partial charge on any atom is -0.335 e. The van der Waals surface area contributed by atoms with Crippen molar-refractivity contribution in [1.29, 1.82) is 0 Å². The molecule has 2 N–H and O–H groups in total. The molecule has 1 amide bonds. The Labute approximate surface area is 89.6 Å². The number of carbonyl (C=O) groups excluding carboxylic acids is 1. The summed E-state index contributed by atoms with van der Waals surface area (Å²) in [5, 5.41) is 0. The summed E-state index contributed by atoms with van der Waals surface area (Å²) in [5.41, 5.74) is 4.70. The van der Waals surface area contributed by atoms with Crippen molar-refractivity contribution in [3.05, 3.63) is 0 Å². The number of nitrogens with two attached hydrogens (primary N) is 1. The van der Waals surface area contributed by atoms with E-state index in [0.29, 0.717) is 6.42 Å². The first kappa shape index (κ1) is 14.3. The molecule has 0 saturated heterocycles. The molecule has 0 unspecified atom stereocenters.